The number of rotatable bonds is 13. The van der Waals surface area contributed by atoms with Crippen LogP contribution >= 0.6 is 0 Å². The van der Waals surface area contributed by atoms with E-state index in [2.05, 4.69) is 0 Å². The number of nitrogens with zero attached hydrogens (tertiary/aromatic N) is 1. The molecule has 0 bridgehead atoms. The quantitative estimate of drug-likeness (QED) is 0.0993. The van der Waals surface area contributed by atoms with Crippen LogP contribution in [0.2, 0.25) is 0 Å². The first-order chi connectivity index (χ1) is 25.7. The van der Waals surface area contributed by atoms with Gasteiger partial charge in [0.2, 0.25) is 5.91 Å². The molecule has 0 aliphatic carbocycles. The molecule has 11 heteroatoms. The molecule has 2 fully saturated rings. The average molecular weight is 732 g/mol. The fourth-order valence-corrected chi connectivity index (χ4v) is 8.92. The molecule has 1 amide bonds. The second kappa shape index (κ2) is 15.0. The molecule has 53 heavy (non-hydrogen) atoms. The van der Waals surface area contributed by atoms with Gasteiger partial charge in [0.15, 0.2) is 33.5 Å². The van der Waals surface area contributed by atoms with Crippen molar-refractivity contribution in [3.63, 3.8) is 0 Å². The number of amides is 1. The lowest BCUT2D eigenvalue weighted by atomic mass is 9.96. The summed E-state index contributed by atoms with van der Waals surface area (Å²) in [6.45, 7) is 1.06. The molecule has 5 aromatic rings. The summed E-state index contributed by atoms with van der Waals surface area (Å²) in [6, 6.07) is 40.1. The molecule has 0 aromatic heterocycles. The Balaban J connectivity index is 1.13. The lowest BCUT2D eigenvalue weighted by Gasteiger charge is -2.37. The Labute approximate surface area is 307 Å². The molecule has 10 nitrogen and oxygen atoms in total. The second-order valence-corrected chi connectivity index (χ2v) is 15.7. The summed E-state index contributed by atoms with van der Waals surface area (Å²) in [4.78, 5) is 41.7. The van der Waals surface area contributed by atoms with E-state index in [1.807, 2.05) is 72.8 Å². The highest BCUT2D eigenvalue weighted by molar-refractivity contribution is 7.94. The van der Waals surface area contributed by atoms with Gasteiger partial charge < -0.3 is 23.8 Å². The molecule has 2 aliphatic heterocycles. The van der Waals surface area contributed by atoms with Crippen LogP contribution in [0, 0.1) is 0 Å². The Morgan fingerprint density at radius 3 is 1.77 bits per heavy atom. The number of hydrogen-bond donors (Lipinski definition) is 0. The maximum atomic E-state index is 14.1. The van der Waals surface area contributed by atoms with Crippen LogP contribution < -0.4 is 9.47 Å². The van der Waals surface area contributed by atoms with Crippen LogP contribution in [0.4, 0.5) is 0 Å². The van der Waals surface area contributed by atoms with Gasteiger partial charge in [-0.2, -0.15) is 0 Å². The minimum Gasteiger partial charge on any atom is -0.485 e. The molecule has 7 rings (SSSR count). The van der Waals surface area contributed by atoms with Gasteiger partial charge in [-0.3, -0.25) is 4.79 Å². The molecule has 2 heterocycles. The number of β-lactam (4-membered cyclic amide) rings is 1. The van der Waals surface area contributed by atoms with E-state index in [-0.39, 0.29) is 30.9 Å². The minimum absolute atomic E-state index is 0.0748. The predicted molar refractivity (Wildman–Crippen MR) is 195 cm³/mol. The third-order valence-electron chi connectivity index (χ3n) is 9.62. The molecule has 5 aromatic carbocycles. The number of fused-ring (bicyclic) bond motifs is 1. The zero-order valence-electron chi connectivity index (χ0n) is 28.9. The topological polar surface area (TPSA) is 126 Å². The molecule has 0 unspecified atom stereocenters. The van der Waals surface area contributed by atoms with Crippen molar-refractivity contribution in [3.05, 3.63) is 167 Å². The van der Waals surface area contributed by atoms with Crippen LogP contribution in [0.25, 0.3) is 0 Å². The smallest absolute Gasteiger partial charge is 0.338 e. The van der Waals surface area contributed by atoms with Crippen LogP contribution in [0.5, 0.6) is 11.5 Å². The highest BCUT2D eigenvalue weighted by Gasteiger charge is 2.71. The van der Waals surface area contributed by atoms with E-state index >= 15 is 0 Å². The van der Waals surface area contributed by atoms with Gasteiger partial charge in [-0.25, -0.2) is 18.0 Å². The Hall–Kier alpha value is -5.94. The number of ether oxygens (including phenoxy) is 4. The van der Waals surface area contributed by atoms with E-state index in [4.69, 9.17) is 18.9 Å². The molecule has 0 radical (unpaired) electrons. The Kier molecular flexibility index (Phi) is 10.0. The zero-order valence-corrected chi connectivity index (χ0v) is 29.7. The lowest BCUT2D eigenvalue weighted by Crippen LogP contribution is -2.58. The molecule has 270 valence electrons. The third kappa shape index (κ3) is 7.12. The van der Waals surface area contributed by atoms with E-state index in [1.54, 1.807) is 54.6 Å². The first-order valence-electron chi connectivity index (χ1n) is 17.2. The van der Waals surface area contributed by atoms with Crippen LogP contribution in [-0.2, 0) is 42.1 Å². The largest absolute Gasteiger partial charge is 0.485 e. The van der Waals surface area contributed by atoms with Crippen LogP contribution in [0.3, 0.4) is 0 Å². The van der Waals surface area contributed by atoms with Crippen molar-refractivity contribution >= 4 is 27.7 Å². The Bertz CT molecular complexity index is 2160. The highest BCUT2D eigenvalue weighted by atomic mass is 32.2. The number of benzene rings is 5. The molecule has 0 spiro atoms. The molecular formula is C42H37NO9S. The number of esters is 2. The third-order valence-corrected chi connectivity index (χ3v) is 12.4. The highest BCUT2D eigenvalue weighted by Crippen LogP contribution is 2.47. The van der Waals surface area contributed by atoms with E-state index < -0.39 is 56.6 Å². The molecule has 0 N–H and O–H groups in total. The van der Waals surface area contributed by atoms with Gasteiger partial charge in [0, 0.05) is 0 Å². The van der Waals surface area contributed by atoms with Crippen molar-refractivity contribution in [1.82, 2.24) is 4.90 Å². The summed E-state index contributed by atoms with van der Waals surface area (Å²) in [6.07, 6.45) is -1.16. The Morgan fingerprint density at radius 2 is 1.25 bits per heavy atom. The fraction of sp³-hybridized carbons (Fsp3) is 0.214. The summed E-state index contributed by atoms with van der Waals surface area (Å²) in [5, 5.41) is -1.23. The SMILES string of the molecule is C[C@]1(COC(=O)c2ccc(OCc3ccccc3)c(OCc3ccccc3)c2)[C@H](C(=O)OC(c2ccccc2)c2ccccc2)N2C(=O)C[C@H]2S1(=O)=O. The van der Waals surface area contributed by atoms with Crippen LogP contribution in [-0.4, -0.2) is 53.9 Å². The van der Waals surface area contributed by atoms with Crippen molar-refractivity contribution in [2.75, 3.05) is 6.61 Å². The lowest BCUT2D eigenvalue weighted by molar-refractivity contribution is -0.164. The number of hydrogen-bond acceptors (Lipinski definition) is 9. The van der Waals surface area contributed by atoms with E-state index in [9.17, 15) is 22.8 Å². The molecular weight excluding hydrogens is 695 g/mol. The van der Waals surface area contributed by atoms with Crippen molar-refractivity contribution in [2.24, 2.45) is 0 Å². The standard InChI is InChI=1S/C42H37NO9S/c1-42(28-51-40(45)33-22-23-34(49-26-29-14-6-2-7-15-29)35(24-33)50-27-30-16-8-3-9-17-30)39(43-36(44)25-37(43)53(42,47)48)41(46)52-38(31-18-10-4-11-19-31)32-20-12-5-13-21-32/h2-24,37-39H,25-28H2,1H3/t37-,39+,42+/m1/s1. The van der Waals surface area contributed by atoms with Crippen LogP contribution in [0.15, 0.2) is 140 Å². The van der Waals surface area contributed by atoms with Crippen molar-refractivity contribution in [1.29, 1.82) is 0 Å². The molecule has 0 saturated carbocycles. The summed E-state index contributed by atoms with van der Waals surface area (Å²) in [5.74, 6) is -1.60. The summed E-state index contributed by atoms with van der Waals surface area (Å²) in [5.41, 5.74) is 3.23. The maximum absolute atomic E-state index is 14.1. The average Bonchev–Trinajstić information content (AvgIpc) is 3.33. The summed E-state index contributed by atoms with van der Waals surface area (Å²) >= 11 is 0. The van der Waals surface area contributed by atoms with E-state index in [1.165, 1.54) is 19.1 Å². The molecule has 2 aliphatic rings. The first-order valence-corrected chi connectivity index (χ1v) is 18.7. The van der Waals surface area contributed by atoms with Gasteiger partial charge in [-0.15, -0.1) is 0 Å². The number of carbonyl (C=O) groups is 3. The maximum Gasteiger partial charge on any atom is 0.338 e. The predicted octanol–water partition coefficient (Wildman–Crippen LogP) is 6.45. The van der Waals surface area contributed by atoms with Gasteiger partial charge in [0.25, 0.3) is 0 Å². The van der Waals surface area contributed by atoms with Gasteiger partial charge in [0.1, 0.15) is 29.9 Å². The fourth-order valence-electron chi connectivity index (χ4n) is 6.65. The van der Waals surface area contributed by atoms with Gasteiger partial charge in [-0.05, 0) is 47.4 Å². The van der Waals surface area contributed by atoms with Gasteiger partial charge in [-0.1, -0.05) is 121 Å². The first kappa shape index (κ1) is 35.5. The van der Waals surface area contributed by atoms with Crippen molar-refractivity contribution < 1.29 is 41.7 Å². The summed E-state index contributed by atoms with van der Waals surface area (Å²) in [7, 11) is -4.20. The van der Waals surface area contributed by atoms with Gasteiger partial charge in [0.05, 0.1) is 12.0 Å². The minimum atomic E-state index is -4.20. The van der Waals surface area contributed by atoms with Crippen molar-refractivity contribution in [3.8, 4) is 11.5 Å². The van der Waals surface area contributed by atoms with Crippen LogP contribution in [0.1, 0.15) is 52.1 Å². The molecule has 2 saturated heterocycles. The summed E-state index contributed by atoms with van der Waals surface area (Å²) < 4.78 is 49.9. The molecule has 3 atom stereocenters. The normalized spacial score (nSPS) is 19.9. The second-order valence-electron chi connectivity index (χ2n) is 13.1. The Morgan fingerprint density at radius 1 is 0.736 bits per heavy atom. The zero-order chi connectivity index (χ0) is 37.0. The van der Waals surface area contributed by atoms with Gasteiger partial charge >= 0.3 is 11.9 Å². The number of carbonyl (C=O) groups excluding carboxylic acids is 3. The number of sulfone groups is 1. The monoisotopic (exact) mass is 731 g/mol. The van der Waals surface area contributed by atoms with E-state index in [0.29, 0.717) is 16.9 Å². The van der Waals surface area contributed by atoms with Crippen molar-refractivity contribution in [2.45, 2.75) is 48.8 Å². The van der Waals surface area contributed by atoms with E-state index in [0.717, 1.165) is 16.0 Å².